The molecule has 0 N–H and O–H groups in total. The van der Waals surface area contributed by atoms with Gasteiger partial charge >= 0.3 is 5.97 Å². The van der Waals surface area contributed by atoms with E-state index in [1.54, 1.807) is 19.2 Å². The third-order valence-corrected chi connectivity index (χ3v) is 3.43. The van der Waals surface area contributed by atoms with Gasteiger partial charge in [0.2, 0.25) is 5.01 Å². The van der Waals surface area contributed by atoms with Crippen molar-refractivity contribution in [3.05, 3.63) is 41.5 Å². The number of carbonyl (C=O) groups excluding carboxylic acids is 1. The van der Waals surface area contributed by atoms with Gasteiger partial charge in [-0.15, -0.1) is 5.10 Å². The normalized spacial score (nSPS) is 10.5. The maximum absolute atomic E-state index is 11.5. The molecular formula is C14H11N3O3S. The van der Waals surface area contributed by atoms with Crippen molar-refractivity contribution in [1.82, 2.24) is 15.2 Å². The van der Waals surface area contributed by atoms with Crippen molar-refractivity contribution < 1.29 is 14.3 Å². The number of para-hydroxylation sites is 1. The highest BCUT2D eigenvalue weighted by Crippen LogP contribution is 2.30. The van der Waals surface area contributed by atoms with Gasteiger partial charge in [0.1, 0.15) is 5.52 Å². The van der Waals surface area contributed by atoms with E-state index in [2.05, 4.69) is 15.2 Å². The molecule has 0 saturated heterocycles. The molecule has 0 aliphatic rings. The minimum Gasteiger partial charge on any atom is -0.461 e. The Kier molecular flexibility index (Phi) is 3.74. The topological polar surface area (TPSA) is 74.2 Å². The van der Waals surface area contributed by atoms with Crippen LogP contribution >= 0.6 is 11.3 Å². The van der Waals surface area contributed by atoms with Crippen LogP contribution in [0.2, 0.25) is 0 Å². The van der Waals surface area contributed by atoms with Crippen LogP contribution < -0.4 is 4.74 Å². The summed E-state index contributed by atoms with van der Waals surface area (Å²) in [5.41, 5.74) is 0.730. The number of ether oxygens (including phenoxy) is 2. The average Bonchev–Trinajstić information content (AvgIpc) is 2.97. The van der Waals surface area contributed by atoms with Crippen LogP contribution in [0, 0.1) is 0 Å². The maximum Gasteiger partial charge on any atom is 0.369 e. The van der Waals surface area contributed by atoms with Crippen molar-refractivity contribution in [2.45, 2.75) is 6.92 Å². The first kappa shape index (κ1) is 13.4. The Hall–Kier alpha value is -2.54. The summed E-state index contributed by atoms with van der Waals surface area (Å²) in [7, 11) is 0. The molecule has 106 valence electrons. The molecule has 0 atom stereocenters. The molecule has 0 spiro atoms. The van der Waals surface area contributed by atoms with Crippen molar-refractivity contribution in [2.24, 2.45) is 0 Å². The van der Waals surface area contributed by atoms with Crippen LogP contribution in [-0.2, 0) is 4.74 Å². The van der Waals surface area contributed by atoms with Crippen LogP contribution in [0.1, 0.15) is 16.7 Å². The number of fused-ring (bicyclic) bond motifs is 1. The van der Waals surface area contributed by atoms with Crippen LogP contribution in [0.15, 0.2) is 36.5 Å². The third-order valence-electron chi connectivity index (χ3n) is 2.65. The second-order valence-corrected chi connectivity index (χ2v) is 4.97. The lowest BCUT2D eigenvalue weighted by molar-refractivity contribution is 0.0525. The summed E-state index contributed by atoms with van der Waals surface area (Å²) in [5, 5.41) is 9.00. The number of carbonyl (C=O) groups is 1. The molecule has 1 aromatic carbocycles. The van der Waals surface area contributed by atoms with Gasteiger partial charge < -0.3 is 9.47 Å². The fraction of sp³-hybridized carbons (Fsp3) is 0.143. The number of esters is 1. The molecule has 6 nitrogen and oxygen atoms in total. The predicted molar refractivity (Wildman–Crippen MR) is 77.7 cm³/mol. The highest BCUT2D eigenvalue weighted by molar-refractivity contribution is 7.14. The second kappa shape index (κ2) is 5.84. The molecule has 0 amide bonds. The Bertz CT molecular complexity index is 782. The molecule has 21 heavy (non-hydrogen) atoms. The standard InChI is InChI=1S/C14H11N3O3S/c1-2-19-13(18)12-16-17-14(21-12)20-10-7-3-5-9-6-4-8-15-11(9)10/h3-8H,2H2,1H3. The van der Waals surface area contributed by atoms with Gasteiger partial charge in [-0.05, 0) is 30.4 Å². The fourth-order valence-corrected chi connectivity index (χ4v) is 2.38. The number of hydrogen-bond donors (Lipinski definition) is 0. The van der Waals surface area contributed by atoms with E-state index < -0.39 is 5.97 Å². The zero-order valence-electron chi connectivity index (χ0n) is 11.1. The van der Waals surface area contributed by atoms with Crippen LogP contribution in [0.3, 0.4) is 0 Å². The van der Waals surface area contributed by atoms with Gasteiger partial charge in [0, 0.05) is 11.6 Å². The molecule has 0 aliphatic carbocycles. The Morgan fingerprint density at radius 2 is 2.10 bits per heavy atom. The van der Waals surface area contributed by atoms with E-state index in [1.807, 2.05) is 24.3 Å². The van der Waals surface area contributed by atoms with Gasteiger partial charge in [0.05, 0.1) is 6.61 Å². The van der Waals surface area contributed by atoms with E-state index in [0.29, 0.717) is 12.4 Å². The molecule has 7 heteroatoms. The summed E-state index contributed by atoms with van der Waals surface area (Å²) in [5.74, 6) is 0.0700. The van der Waals surface area contributed by atoms with Crippen molar-refractivity contribution in [3.8, 4) is 10.9 Å². The van der Waals surface area contributed by atoms with E-state index in [1.165, 1.54) is 0 Å². The molecule has 3 rings (SSSR count). The van der Waals surface area contributed by atoms with Crippen LogP contribution in [0.25, 0.3) is 10.9 Å². The Labute approximate surface area is 124 Å². The summed E-state index contributed by atoms with van der Waals surface area (Å²) < 4.78 is 10.5. The summed E-state index contributed by atoms with van der Waals surface area (Å²) in [6.45, 7) is 2.03. The number of hydrogen-bond acceptors (Lipinski definition) is 7. The summed E-state index contributed by atoms with van der Waals surface area (Å²) in [6.07, 6.45) is 1.69. The molecule has 0 saturated carbocycles. The lowest BCUT2D eigenvalue weighted by atomic mass is 10.2. The van der Waals surface area contributed by atoms with E-state index >= 15 is 0 Å². The lowest BCUT2D eigenvalue weighted by Crippen LogP contribution is -2.03. The number of nitrogens with zero attached hydrogens (tertiary/aromatic N) is 3. The summed E-state index contributed by atoms with van der Waals surface area (Å²) in [6, 6.07) is 9.40. The smallest absolute Gasteiger partial charge is 0.369 e. The molecule has 3 aromatic rings. The first-order valence-electron chi connectivity index (χ1n) is 6.30. The Morgan fingerprint density at radius 3 is 2.95 bits per heavy atom. The third kappa shape index (κ3) is 2.82. The first-order chi connectivity index (χ1) is 10.3. The van der Waals surface area contributed by atoms with Crippen LogP contribution in [0.5, 0.6) is 10.9 Å². The number of benzene rings is 1. The van der Waals surface area contributed by atoms with Crippen molar-refractivity contribution in [1.29, 1.82) is 0 Å². The molecule has 2 aromatic heterocycles. The minimum atomic E-state index is -0.499. The SMILES string of the molecule is CCOC(=O)c1nnc(Oc2cccc3cccnc23)s1. The van der Waals surface area contributed by atoms with Gasteiger partial charge in [-0.1, -0.05) is 23.3 Å². The zero-order valence-corrected chi connectivity index (χ0v) is 12.0. The van der Waals surface area contributed by atoms with Crippen LogP contribution in [-0.4, -0.2) is 27.8 Å². The summed E-state index contributed by atoms with van der Waals surface area (Å²) in [4.78, 5) is 15.8. The Balaban J connectivity index is 1.87. The van der Waals surface area contributed by atoms with E-state index in [-0.39, 0.29) is 10.2 Å². The largest absolute Gasteiger partial charge is 0.461 e. The fourth-order valence-electron chi connectivity index (χ4n) is 1.78. The highest BCUT2D eigenvalue weighted by Gasteiger charge is 2.15. The molecular weight excluding hydrogens is 290 g/mol. The van der Waals surface area contributed by atoms with E-state index in [4.69, 9.17) is 9.47 Å². The predicted octanol–water partition coefficient (Wildman–Crippen LogP) is 3.06. The molecule has 0 aliphatic heterocycles. The number of aromatic nitrogens is 3. The highest BCUT2D eigenvalue weighted by atomic mass is 32.1. The molecule has 0 bridgehead atoms. The van der Waals surface area contributed by atoms with Gasteiger partial charge in [0.15, 0.2) is 5.75 Å². The van der Waals surface area contributed by atoms with Gasteiger partial charge in [0.25, 0.3) is 5.19 Å². The average molecular weight is 301 g/mol. The summed E-state index contributed by atoms with van der Waals surface area (Å²) >= 11 is 1.04. The van der Waals surface area contributed by atoms with Crippen LogP contribution in [0.4, 0.5) is 0 Å². The number of rotatable bonds is 4. The van der Waals surface area contributed by atoms with Gasteiger partial charge in [-0.25, -0.2) is 4.79 Å². The van der Waals surface area contributed by atoms with Crippen molar-refractivity contribution in [3.63, 3.8) is 0 Å². The van der Waals surface area contributed by atoms with Gasteiger partial charge in [-0.3, -0.25) is 4.98 Å². The molecule has 0 fully saturated rings. The Morgan fingerprint density at radius 1 is 1.24 bits per heavy atom. The number of pyridine rings is 1. The quantitative estimate of drug-likeness (QED) is 0.689. The van der Waals surface area contributed by atoms with Gasteiger partial charge in [-0.2, -0.15) is 0 Å². The lowest BCUT2D eigenvalue weighted by Gasteiger charge is -2.04. The first-order valence-corrected chi connectivity index (χ1v) is 7.12. The second-order valence-electron chi connectivity index (χ2n) is 4.03. The zero-order chi connectivity index (χ0) is 14.7. The molecule has 0 unspecified atom stereocenters. The van der Waals surface area contributed by atoms with E-state index in [9.17, 15) is 4.79 Å². The van der Waals surface area contributed by atoms with E-state index in [0.717, 1.165) is 22.2 Å². The van der Waals surface area contributed by atoms with Crippen molar-refractivity contribution >= 4 is 28.2 Å². The molecule has 2 heterocycles. The monoisotopic (exact) mass is 301 g/mol. The van der Waals surface area contributed by atoms with Crippen molar-refractivity contribution in [2.75, 3.05) is 6.61 Å². The maximum atomic E-state index is 11.5. The molecule has 0 radical (unpaired) electrons. The minimum absolute atomic E-state index is 0.167.